The molecule has 2 nitrogen and oxygen atoms in total. The van der Waals surface area contributed by atoms with E-state index in [4.69, 9.17) is 4.74 Å². The summed E-state index contributed by atoms with van der Waals surface area (Å²) in [7, 11) is 0. The van der Waals surface area contributed by atoms with Gasteiger partial charge in [-0.3, -0.25) is 0 Å². The van der Waals surface area contributed by atoms with Gasteiger partial charge in [-0.1, -0.05) is 13.8 Å². The maximum Gasteiger partial charge on any atom is 0.0575 e. The maximum atomic E-state index is 9.36. The lowest BCUT2D eigenvalue weighted by atomic mass is 9.76. The fourth-order valence-electron chi connectivity index (χ4n) is 3.50. The van der Waals surface area contributed by atoms with E-state index in [9.17, 15) is 5.11 Å². The molecule has 0 aromatic carbocycles. The minimum atomic E-state index is 0.0951. The highest BCUT2D eigenvalue weighted by Crippen LogP contribution is 2.36. The third kappa shape index (κ3) is 3.88. The molecule has 2 fully saturated rings. The van der Waals surface area contributed by atoms with Crippen LogP contribution in [-0.2, 0) is 4.74 Å². The summed E-state index contributed by atoms with van der Waals surface area (Å²) in [6, 6.07) is 0. The maximum absolute atomic E-state index is 9.36. The Labute approximate surface area is 116 Å². The van der Waals surface area contributed by atoms with Crippen molar-refractivity contribution >= 4 is 11.8 Å². The van der Waals surface area contributed by atoms with Crippen LogP contribution in [0, 0.1) is 23.2 Å². The van der Waals surface area contributed by atoms with E-state index in [1.807, 2.05) is 11.8 Å². The van der Waals surface area contributed by atoms with Crippen LogP contribution in [0.15, 0.2) is 0 Å². The van der Waals surface area contributed by atoms with E-state index in [2.05, 4.69) is 13.8 Å². The summed E-state index contributed by atoms with van der Waals surface area (Å²) in [5, 5.41) is 9.36. The van der Waals surface area contributed by atoms with E-state index in [1.54, 1.807) is 0 Å². The van der Waals surface area contributed by atoms with E-state index in [-0.39, 0.29) is 12.0 Å². The lowest BCUT2D eigenvalue weighted by molar-refractivity contribution is -0.121. The average Bonchev–Trinajstić information content (AvgIpc) is 2.26. The monoisotopic (exact) mass is 272 g/mol. The Balaban J connectivity index is 1.60. The first-order chi connectivity index (χ1) is 8.63. The van der Waals surface area contributed by atoms with Crippen LogP contribution in [0.25, 0.3) is 0 Å². The summed E-state index contributed by atoms with van der Waals surface area (Å²) < 4.78 is 5.23. The standard InChI is InChI=1S/C15H28O2S/c1-12-5-13(2)7-14(6-12)3-4-18-11-15(8-16)9-17-10-15/h12-14,16H,3-11H2,1-2H3. The number of aliphatic hydroxyl groups excluding tert-OH is 1. The number of thioether (sulfide) groups is 1. The van der Waals surface area contributed by atoms with Crippen LogP contribution in [0.2, 0.25) is 0 Å². The van der Waals surface area contributed by atoms with Gasteiger partial charge >= 0.3 is 0 Å². The minimum absolute atomic E-state index is 0.0951. The van der Waals surface area contributed by atoms with Gasteiger partial charge in [-0.15, -0.1) is 0 Å². The van der Waals surface area contributed by atoms with Crippen molar-refractivity contribution in [3.63, 3.8) is 0 Å². The lowest BCUT2D eigenvalue weighted by Gasteiger charge is -2.39. The molecule has 0 bridgehead atoms. The number of hydrogen-bond acceptors (Lipinski definition) is 3. The Kier molecular flexibility index (Phi) is 5.40. The predicted molar refractivity (Wildman–Crippen MR) is 77.9 cm³/mol. The van der Waals surface area contributed by atoms with Gasteiger partial charge in [0.2, 0.25) is 0 Å². The van der Waals surface area contributed by atoms with Crippen LogP contribution >= 0.6 is 11.8 Å². The van der Waals surface area contributed by atoms with Crippen molar-refractivity contribution in [3.05, 3.63) is 0 Å². The normalized spacial score (nSPS) is 35.2. The van der Waals surface area contributed by atoms with Gasteiger partial charge in [0.25, 0.3) is 0 Å². The summed E-state index contributed by atoms with van der Waals surface area (Å²) in [5.74, 6) is 5.12. The van der Waals surface area contributed by atoms with Gasteiger partial charge in [0.1, 0.15) is 0 Å². The molecule has 0 amide bonds. The summed E-state index contributed by atoms with van der Waals surface area (Å²) in [6.45, 7) is 6.62. The van der Waals surface area contributed by atoms with Crippen molar-refractivity contribution < 1.29 is 9.84 Å². The van der Waals surface area contributed by atoms with Crippen LogP contribution in [0.5, 0.6) is 0 Å². The molecular weight excluding hydrogens is 244 g/mol. The number of aliphatic hydroxyl groups is 1. The fourth-order valence-corrected chi connectivity index (χ4v) is 4.83. The van der Waals surface area contributed by atoms with Crippen LogP contribution in [-0.4, -0.2) is 36.4 Å². The highest BCUT2D eigenvalue weighted by Gasteiger charge is 2.37. The molecule has 2 rings (SSSR count). The third-order valence-corrected chi connectivity index (χ3v) is 5.85. The van der Waals surface area contributed by atoms with Gasteiger partial charge in [-0.2, -0.15) is 11.8 Å². The van der Waals surface area contributed by atoms with E-state index in [1.165, 1.54) is 31.4 Å². The number of ether oxygens (including phenoxy) is 1. The lowest BCUT2D eigenvalue weighted by Crippen LogP contribution is -2.47. The van der Waals surface area contributed by atoms with Crippen molar-refractivity contribution in [1.29, 1.82) is 0 Å². The van der Waals surface area contributed by atoms with Gasteiger partial charge in [0.15, 0.2) is 0 Å². The Morgan fingerprint density at radius 1 is 1.17 bits per heavy atom. The van der Waals surface area contributed by atoms with Gasteiger partial charge in [0, 0.05) is 11.2 Å². The first kappa shape index (κ1) is 14.7. The molecule has 0 spiro atoms. The van der Waals surface area contributed by atoms with Crippen molar-refractivity contribution in [2.75, 3.05) is 31.3 Å². The molecular formula is C15H28O2S. The quantitative estimate of drug-likeness (QED) is 0.753. The zero-order chi connectivity index (χ0) is 13.0. The van der Waals surface area contributed by atoms with Gasteiger partial charge < -0.3 is 9.84 Å². The average molecular weight is 272 g/mol. The first-order valence-corrected chi connectivity index (χ1v) is 8.55. The molecule has 1 aliphatic carbocycles. The SMILES string of the molecule is CC1CC(C)CC(CCSCC2(CO)COC2)C1. The Morgan fingerprint density at radius 2 is 1.83 bits per heavy atom. The topological polar surface area (TPSA) is 29.5 Å². The highest BCUT2D eigenvalue weighted by atomic mass is 32.2. The van der Waals surface area contributed by atoms with E-state index < -0.39 is 0 Å². The smallest absolute Gasteiger partial charge is 0.0575 e. The van der Waals surface area contributed by atoms with Gasteiger partial charge in [0.05, 0.1) is 19.8 Å². The Hall–Kier alpha value is 0.270. The molecule has 1 saturated heterocycles. The van der Waals surface area contributed by atoms with Crippen molar-refractivity contribution in [2.24, 2.45) is 23.2 Å². The van der Waals surface area contributed by atoms with E-state index in [0.29, 0.717) is 0 Å². The molecule has 1 saturated carbocycles. The summed E-state index contributed by atoms with van der Waals surface area (Å²) >= 11 is 2.02. The second-order valence-corrected chi connectivity index (χ2v) is 7.88. The van der Waals surface area contributed by atoms with E-state index in [0.717, 1.165) is 36.7 Å². The predicted octanol–water partition coefficient (Wildman–Crippen LogP) is 3.19. The molecule has 2 aliphatic rings. The van der Waals surface area contributed by atoms with Crippen molar-refractivity contribution in [2.45, 2.75) is 39.5 Å². The highest BCUT2D eigenvalue weighted by molar-refractivity contribution is 7.99. The molecule has 1 aliphatic heterocycles. The molecule has 18 heavy (non-hydrogen) atoms. The second kappa shape index (κ2) is 6.62. The fraction of sp³-hybridized carbons (Fsp3) is 1.00. The van der Waals surface area contributed by atoms with Crippen molar-refractivity contribution in [3.8, 4) is 0 Å². The molecule has 0 aromatic rings. The third-order valence-electron chi connectivity index (χ3n) is 4.51. The van der Waals surface area contributed by atoms with E-state index >= 15 is 0 Å². The Morgan fingerprint density at radius 3 is 2.33 bits per heavy atom. The first-order valence-electron chi connectivity index (χ1n) is 7.40. The number of rotatable bonds is 6. The Bertz CT molecular complexity index is 237. The molecule has 106 valence electrons. The van der Waals surface area contributed by atoms with Crippen LogP contribution in [0.4, 0.5) is 0 Å². The molecule has 1 heterocycles. The second-order valence-electron chi connectivity index (χ2n) is 6.78. The van der Waals surface area contributed by atoms with Crippen molar-refractivity contribution in [1.82, 2.24) is 0 Å². The minimum Gasteiger partial charge on any atom is -0.396 e. The summed E-state index contributed by atoms with van der Waals surface area (Å²) in [5.41, 5.74) is 0.0951. The summed E-state index contributed by atoms with van der Waals surface area (Å²) in [4.78, 5) is 0. The molecule has 0 aromatic heterocycles. The zero-order valence-corrected chi connectivity index (χ0v) is 12.7. The molecule has 0 radical (unpaired) electrons. The van der Waals surface area contributed by atoms with Gasteiger partial charge in [-0.25, -0.2) is 0 Å². The number of hydrogen-bond donors (Lipinski definition) is 1. The molecule has 3 heteroatoms. The zero-order valence-electron chi connectivity index (χ0n) is 11.9. The van der Waals surface area contributed by atoms with Crippen LogP contribution < -0.4 is 0 Å². The molecule has 2 unspecified atom stereocenters. The summed E-state index contributed by atoms with van der Waals surface area (Å²) in [6.07, 6.45) is 5.65. The van der Waals surface area contributed by atoms with Crippen LogP contribution in [0.3, 0.4) is 0 Å². The van der Waals surface area contributed by atoms with Crippen LogP contribution in [0.1, 0.15) is 39.5 Å². The molecule has 2 atom stereocenters. The largest absolute Gasteiger partial charge is 0.396 e. The molecule has 1 N–H and O–H groups in total. The van der Waals surface area contributed by atoms with Gasteiger partial charge in [-0.05, 0) is 49.2 Å².